The van der Waals surface area contributed by atoms with E-state index >= 15 is 0 Å². The molecule has 5 heteroatoms. The summed E-state index contributed by atoms with van der Waals surface area (Å²) in [5.41, 5.74) is 3.21. The minimum absolute atomic E-state index is 0.272. The molecule has 0 amide bonds. The number of aryl methyl sites for hydroxylation is 3. The number of thiazole rings is 1. The van der Waals surface area contributed by atoms with E-state index in [1.807, 2.05) is 26.0 Å². The molecule has 1 aromatic heterocycles. The fourth-order valence-electron chi connectivity index (χ4n) is 2.92. The van der Waals surface area contributed by atoms with E-state index in [0.717, 1.165) is 63.4 Å². The van der Waals surface area contributed by atoms with Crippen molar-refractivity contribution >= 4 is 22.9 Å². The maximum Gasteiger partial charge on any atom is 0.131 e. The molecule has 1 aromatic carbocycles. The van der Waals surface area contributed by atoms with Crippen molar-refractivity contribution in [2.75, 3.05) is 13.1 Å². The van der Waals surface area contributed by atoms with Gasteiger partial charge in [-0.3, -0.25) is 0 Å². The molecule has 22 heavy (non-hydrogen) atoms. The number of hydrogen-bond acceptors (Lipinski definition) is 4. The Labute approximate surface area is 140 Å². The first kappa shape index (κ1) is 15.8. The monoisotopic (exact) mass is 336 g/mol. The highest BCUT2D eigenvalue weighted by molar-refractivity contribution is 7.15. The highest BCUT2D eigenvalue weighted by Gasteiger charge is 2.21. The Bertz CT molecular complexity index is 678. The molecule has 0 atom stereocenters. The lowest BCUT2D eigenvalue weighted by atomic mass is 10.1. The number of aromatic nitrogens is 1. The molecule has 0 radical (unpaired) electrons. The van der Waals surface area contributed by atoms with Gasteiger partial charge in [0.25, 0.3) is 0 Å². The van der Waals surface area contributed by atoms with Gasteiger partial charge in [0.05, 0.1) is 15.6 Å². The first-order valence-corrected chi connectivity index (χ1v) is 8.86. The molecule has 0 spiro atoms. The van der Waals surface area contributed by atoms with Crippen LogP contribution in [0, 0.1) is 20.8 Å². The van der Waals surface area contributed by atoms with Crippen molar-refractivity contribution in [2.24, 2.45) is 0 Å². The van der Waals surface area contributed by atoms with Crippen LogP contribution in [-0.4, -0.2) is 24.2 Å². The van der Waals surface area contributed by atoms with Gasteiger partial charge in [0.15, 0.2) is 0 Å². The van der Waals surface area contributed by atoms with Crippen LogP contribution in [0.1, 0.15) is 29.1 Å². The third-order valence-corrected chi connectivity index (χ3v) is 5.28. The topological polar surface area (TPSA) is 34.1 Å². The van der Waals surface area contributed by atoms with Crippen LogP contribution in [0.2, 0.25) is 5.02 Å². The fraction of sp³-hybridized carbons (Fsp3) is 0.471. The Morgan fingerprint density at radius 2 is 1.95 bits per heavy atom. The van der Waals surface area contributed by atoms with Crippen LogP contribution in [0.25, 0.3) is 10.4 Å². The van der Waals surface area contributed by atoms with Crippen LogP contribution < -0.4 is 10.1 Å². The first-order valence-electron chi connectivity index (χ1n) is 7.66. The van der Waals surface area contributed by atoms with Gasteiger partial charge in [-0.05, 0) is 64.4 Å². The smallest absolute Gasteiger partial charge is 0.131 e. The van der Waals surface area contributed by atoms with E-state index < -0.39 is 0 Å². The molecule has 0 aliphatic carbocycles. The number of ether oxygens (including phenoxy) is 1. The molecule has 1 fully saturated rings. The van der Waals surface area contributed by atoms with E-state index in [1.54, 1.807) is 11.3 Å². The Morgan fingerprint density at radius 1 is 1.23 bits per heavy atom. The summed E-state index contributed by atoms with van der Waals surface area (Å²) in [5.74, 6) is 0.961. The van der Waals surface area contributed by atoms with Crippen LogP contribution >= 0.6 is 22.9 Å². The van der Waals surface area contributed by atoms with E-state index in [9.17, 15) is 0 Å². The van der Waals surface area contributed by atoms with Crippen molar-refractivity contribution in [1.82, 2.24) is 10.3 Å². The van der Waals surface area contributed by atoms with Crippen LogP contribution in [0.3, 0.4) is 0 Å². The van der Waals surface area contributed by atoms with Gasteiger partial charge in [-0.2, -0.15) is 0 Å². The van der Waals surface area contributed by atoms with Gasteiger partial charge >= 0.3 is 0 Å². The zero-order chi connectivity index (χ0) is 15.7. The van der Waals surface area contributed by atoms with E-state index in [1.165, 1.54) is 0 Å². The molecular formula is C17H21ClN2OS. The predicted molar refractivity (Wildman–Crippen MR) is 93.3 cm³/mol. The van der Waals surface area contributed by atoms with Crippen LogP contribution in [0.4, 0.5) is 0 Å². The van der Waals surface area contributed by atoms with Crippen molar-refractivity contribution < 1.29 is 4.74 Å². The lowest BCUT2D eigenvalue weighted by Gasteiger charge is -2.26. The zero-order valence-electron chi connectivity index (χ0n) is 13.2. The standard InChI is InChI=1S/C17H21ClN2OS/c1-10-8-13(18)9-15(17-11(2)20-12(3)22-17)16(10)21-14-4-6-19-7-5-14/h8-9,14,19H,4-7H2,1-3H3. The second-order valence-corrected chi connectivity index (χ2v) is 7.45. The molecule has 1 aliphatic heterocycles. The highest BCUT2D eigenvalue weighted by atomic mass is 35.5. The van der Waals surface area contributed by atoms with Crippen molar-refractivity contribution in [3.63, 3.8) is 0 Å². The van der Waals surface area contributed by atoms with Gasteiger partial charge in [-0.1, -0.05) is 11.6 Å². The number of nitrogens with zero attached hydrogens (tertiary/aromatic N) is 1. The zero-order valence-corrected chi connectivity index (χ0v) is 14.8. The SMILES string of the molecule is Cc1nc(C)c(-c2cc(Cl)cc(C)c2OC2CCNCC2)s1. The van der Waals surface area contributed by atoms with E-state index in [0.29, 0.717) is 0 Å². The van der Waals surface area contributed by atoms with Crippen molar-refractivity contribution in [3.8, 4) is 16.2 Å². The third-order valence-electron chi connectivity index (χ3n) is 3.96. The molecular weight excluding hydrogens is 316 g/mol. The van der Waals surface area contributed by atoms with Crippen LogP contribution in [-0.2, 0) is 0 Å². The van der Waals surface area contributed by atoms with Crippen LogP contribution in [0.5, 0.6) is 5.75 Å². The van der Waals surface area contributed by atoms with Crippen LogP contribution in [0.15, 0.2) is 12.1 Å². The Kier molecular flexibility index (Phi) is 4.71. The Morgan fingerprint density at radius 3 is 2.59 bits per heavy atom. The number of nitrogens with one attached hydrogen (secondary N) is 1. The quantitative estimate of drug-likeness (QED) is 0.894. The van der Waals surface area contributed by atoms with E-state index in [4.69, 9.17) is 16.3 Å². The number of hydrogen-bond donors (Lipinski definition) is 1. The second-order valence-electron chi connectivity index (χ2n) is 5.81. The molecule has 0 bridgehead atoms. The molecule has 3 rings (SSSR count). The summed E-state index contributed by atoms with van der Waals surface area (Å²) >= 11 is 7.99. The lowest BCUT2D eigenvalue weighted by Crippen LogP contribution is -2.34. The molecule has 1 N–H and O–H groups in total. The largest absolute Gasteiger partial charge is 0.489 e. The van der Waals surface area contributed by atoms with E-state index in [2.05, 4.69) is 17.2 Å². The highest BCUT2D eigenvalue weighted by Crippen LogP contribution is 2.41. The number of halogens is 1. The summed E-state index contributed by atoms with van der Waals surface area (Å²) in [7, 11) is 0. The summed E-state index contributed by atoms with van der Waals surface area (Å²) in [6.45, 7) is 8.18. The van der Waals surface area contributed by atoms with Crippen molar-refractivity contribution in [1.29, 1.82) is 0 Å². The molecule has 0 unspecified atom stereocenters. The summed E-state index contributed by atoms with van der Waals surface area (Å²) in [6.07, 6.45) is 2.36. The van der Waals surface area contributed by atoms with Gasteiger partial charge in [0.1, 0.15) is 11.9 Å². The fourth-order valence-corrected chi connectivity index (χ4v) is 4.12. The maximum absolute atomic E-state index is 6.37. The van der Waals surface area contributed by atoms with Gasteiger partial charge < -0.3 is 10.1 Å². The minimum Gasteiger partial charge on any atom is -0.489 e. The van der Waals surface area contributed by atoms with Gasteiger partial charge in [-0.25, -0.2) is 4.98 Å². The number of piperidine rings is 1. The summed E-state index contributed by atoms with van der Waals surface area (Å²) < 4.78 is 6.37. The summed E-state index contributed by atoms with van der Waals surface area (Å²) in [5, 5.41) is 5.19. The first-order chi connectivity index (χ1) is 10.5. The Hall–Kier alpha value is -1.10. The molecule has 1 saturated heterocycles. The van der Waals surface area contributed by atoms with Gasteiger partial charge in [0, 0.05) is 10.6 Å². The second kappa shape index (κ2) is 6.57. The van der Waals surface area contributed by atoms with Crippen molar-refractivity contribution in [2.45, 2.75) is 39.7 Å². The Balaban J connectivity index is 2.02. The van der Waals surface area contributed by atoms with E-state index in [-0.39, 0.29) is 6.10 Å². The molecule has 2 heterocycles. The average Bonchev–Trinajstić information content (AvgIpc) is 2.81. The molecule has 118 valence electrons. The molecule has 2 aromatic rings. The number of rotatable bonds is 3. The lowest BCUT2D eigenvalue weighted by molar-refractivity contribution is 0.162. The van der Waals surface area contributed by atoms with Gasteiger partial charge in [0.2, 0.25) is 0 Å². The molecule has 1 aliphatic rings. The minimum atomic E-state index is 0.272. The molecule has 3 nitrogen and oxygen atoms in total. The third kappa shape index (κ3) is 3.29. The average molecular weight is 337 g/mol. The predicted octanol–water partition coefficient (Wildman–Crippen LogP) is 4.52. The summed E-state index contributed by atoms with van der Waals surface area (Å²) in [6, 6.07) is 3.98. The summed E-state index contributed by atoms with van der Waals surface area (Å²) in [4.78, 5) is 5.70. The van der Waals surface area contributed by atoms with Crippen molar-refractivity contribution in [3.05, 3.63) is 33.4 Å². The van der Waals surface area contributed by atoms with Gasteiger partial charge in [-0.15, -0.1) is 11.3 Å². The maximum atomic E-state index is 6.37. The normalized spacial score (nSPS) is 16.0. The molecule has 0 saturated carbocycles. The number of benzene rings is 1.